The minimum Gasteiger partial charge on any atom is -0.374 e. The second-order valence-corrected chi connectivity index (χ2v) is 6.55. The Labute approximate surface area is 139 Å². The lowest BCUT2D eigenvalue weighted by atomic mass is 9.88. The van der Waals surface area contributed by atoms with E-state index in [2.05, 4.69) is 88.5 Å². The van der Waals surface area contributed by atoms with Gasteiger partial charge in [0.2, 0.25) is 0 Å². The number of benzene rings is 2. The maximum Gasteiger partial charge on any atom is 0.0709 e. The maximum atomic E-state index is 3.73. The summed E-state index contributed by atoms with van der Waals surface area (Å²) in [6.45, 7) is 10.9. The van der Waals surface area contributed by atoms with Crippen LogP contribution in [0.2, 0.25) is 0 Å². The summed E-state index contributed by atoms with van der Waals surface area (Å²) in [5.74, 6) is 0. The van der Waals surface area contributed by atoms with Crippen LogP contribution < -0.4 is 5.32 Å². The topological polar surface area (TPSA) is 12.0 Å². The van der Waals surface area contributed by atoms with Crippen LogP contribution >= 0.6 is 0 Å². The molecule has 2 aromatic rings. The number of nitrogens with one attached hydrogen (secondary N) is 1. The van der Waals surface area contributed by atoms with Crippen molar-refractivity contribution in [2.24, 2.45) is 0 Å². The summed E-state index contributed by atoms with van der Waals surface area (Å²) in [5, 5.41) is 3.73. The van der Waals surface area contributed by atoms with Gasteiger partial charge in [0, 0.05) is 11.3 Å². The van der Waals surface area contributed by atoms with E-state index in [9.17, 15) is 0 Å². The molecule has 2 aromatic carbocycles. The molecular formula is C22H25N. The highest BCUT2D eigenvalue weighted by Crippen LogP contribution is 2.38. The molecular weight excluding hydrogens is 278 g/mol. The van der Waals surface area contributed by atoms with Crippen molar-refractivity contribution in [2.45, 2.75) is 40.7 Å². The van der Waals surface area contributed by atoms with E-state index in [1.807, 2.05) is 0 Å². The minimum atomic E-state index is 0.217. The summed E-state index contributed by atoms with van der Waals surface area (Å²) in [5.41, 5.74) is 10.6. The lowest BCUT2D eigenvalue weighted by molar-refractivity contribution is 0.958. The average molecular weight is 303 g/mol. The Morgan fingerprint density at radius 3 is 2.52 bits per heavy atom. The molecule has 0 fully saturated rings. The van der Waals surface area contributed by atoms with E-state index in [0.29, 0.717) is 0 Å². The van der Waals surface area contributed by atoms with Crippen molar-refractivity contribution in [3.05, 3.63) is 75.9 Å². The van der Waals surface area contributed by atoms with Gasteiger partial charge in [0.05, 0.1) is 6.04 Å². The first-order chi connectivity index (χ1) is 11.0. The molecule has 1 heteroatoms. The van der Waals surface area contributed by atoms with Crippen molar-refractivity contribution in [1.29, 1.82) is 0 Å². The summed E-state index contributed by atoms with van der Waals surface area (Å²) in [4.78, 5) is 0. The Morgan fingerprint density at radius 1 is 1.00 bits per heavy atom. The van der Waals surface area contributed by atoms with Gasteiger partial charge < -0.3 is 5.32 Å². The highest BCUT2D eigenvalue weighted by atomic mass is 14.9. The molecule has 1 atom stereocenters. The van der Waals surface area contributed by atoms with Gasteiger partial charge in [0.1, 0.15) is 0 Å². The molecule has 0 saturated carbocycles. The number of hydrogen-bond donors (Lipinski definition) is 1. The smallest absolute Gasteiger partial charge is 0.0709 e. The van der Waals surface area contributed by atoms with E-state index >= 15 is 0 Å². The molecule has 0 aliphatic carbocycles. The summed E-state index contributed by atoms with van der Waals surface area (Å²) in [7, 11) is 0. The fourth-order valence-electron chi connectivity index (χ4n) is 3.68. The average Bonchev–Trinajstić information content (AvgIpc) is 2.49. The van der Waals surface area contributed by atoms with Crippen LogP contribution in [0.25, 0.3) is 11.6 Å². The summed E-state index contributed by atoms with van der Waals surface area (Å²) >= 11 is 0. The van der Waals surface area contributed by atoms with Crippen LogP contribution in [0.15, 0.2) is 42.5 Å². The number of aryl methyl sites for hydroxylation is 3. The number of hydrogen-bond acceptors (Lipinski definition) is 1. The van der Waals surface area contributed by atoms with Crippen molar-refractivity contribution in [2.75, 3.05) is 5.32 Å². The van der Waals surface area contributed by atoms with E-state index in [1.165, 1.54) is 44.6 Å². The van der Waals surface area contributed by atoms with Crippen molar-refractivity contribution in [1.82, 2.24) is 0 Å². The normalized spacial score (nSPS) is 16.9. The molecule has 0 aromatic heterocycles. The van der Waals surface area contributed by atoms with Crippen molar-refractivity contribution >= 4 is 17.3 Å². The van der Waals surface area contributed by atoms with Crippen molar-refractivity contribution in [3.8, 4) is 0 Å². The fraction of sp³-hybridized carbons (Fsp3) is 0.273. The third kappa shape index (κ3) is 2.84. The predicted molar refractivity (Wildman–Crippen MR) is 102 cm³/mol. The number of anilines is 1. The molecule has 1 heterocycles. The van der Waals surface area contributed by atoms with Gasteiger partial charge in [0.15, 0.2) is 0 Å². The molecule has 0 amide bonds. The first-order valence-electron chi connectivity index (χ1n) is 8.30. The van der Waals surface area contributed by atoms with Crippen LogP contribution in [-0.2, 0) is 0 Å². The van der Waals surface area contributed by atoms with Gasteiger partial charge in [-0.1, -0.05) is 48.1 Å². The number of allylic oxidation sites excluding steroid dienone is 2. The first-order valence-corrected chi connectivity index (χ1v) is 8.30. The standard InChI is InChI=1S/C22H25N/c1-6-8-18-16(4)11-14(2)12-19(18)21-13-17(5)22-15(3)9-7-10-20(22)23-21/h6-13,21,23H,1-5H3/b8-6-. The van der Waals surface area contributed by atoms with Crippen LogP contribution in [0.1, 0.15) is 53.3 Å². The summed E-state index contributed by atoms with van der Waals surface area (Å²) in [6.07, 6.45) is 6.70. The highest BCUT2D eigenvalue weighted by molar-refractivity contribution is 5.82. The molecule has 1 nitrogen and oxygen atoms in total. The van der Waals surface area contributed by atoms with Crippen LogP contribution in [0.5, 0.6) is 0 Å². The number of rotatable bonds is 2. The molecule has 0 radical (unpaired) electrons. The zero-order chi connectivity index (χ0) is 16.6. The Bertz CT molecular complexity index is 809. The van der Waals surface area contributed by atoms with Crippen LogP contribution in [0.3, 0.4) is 0 Å². The molecule has 23 heavy (non-hydrogen) atoms. The van der Waals surface area contributed by atoms with Gasteiger partial charge in [-0.2, -0.15) is 0 Å². The highest BCUT2D eigenvalue weighted by Gasteiger charge is 2.21. The van der Waals surface area contributed by atoms with Crippen molar-refractivity contribution < 1.29 is 0 Å². The SMILES string of the molecule is C/C=C\c1c(C)cc(C)cc1C1C=C(C)c2c(C)cccc2N1. The van der Waals surface area contributed by atoms with E-state index < -0.39 is 0 Å². The van der Waals surface area contributed by atoms with E-state index in [-0.39, 0.29) is 6.04 Å². The molecule has 1 aliphatic rings. The van der Waals surface area contributed by atoms with Gasteiger partial charge >= 0.3 is 0 Å². The maximum absolute atomic E-state index is 3.73. The number of fused-ring (bicyclic) bond motifs is 1. The van der Waals surface area contributed by atoms with Gasteiger partial charge in [-0.25, -0.2) is 0 Å². The molecule has 0 bridgehead atoms. The molecule has 1 aliphatic heterocycles. The first kappa shape index (κ1) is 15.6. The van der Waals surface area contributed by atoms with Gasteiger partial charge in [-0.05, 0) is 68.5 Å². The lowest BCUT2D eigenvalue weighted by Crippen LogP contribution is -2.16. The second kappa shape index (κ2) is 6.08. The largest absolute Gasteiger partial charge is 0.374 e. The summed E-state index contributed by atoms with van der Waals surface area (Å²) in [6, 6.07) is 11.3. The third-order valence-electron chi connectivity index (χ3n) is 4.63. The fourth-order valence-corrected chi connectivity index (χ4v) is 3.68. The molecule has 118 valence electrons. The third-order valence-corrected chi connectivity index (χ3v) is 4.63. The lowest BCUT2D eigenvalue weighted by Gasteiger charge is -2.28. The Balaban J connectivity index is 2.14. The molecule has 3 rings (SSSR count). The van der Waals surface area contributed by atoms with Gasteiger partial charge in [-0.3, -0.25) is 0 Å². The van der Waals surface area contributed by atoms with Gasteiger partial charge in [-0.15, -0.1) is 0 Å². The molecule has 1 N–H and O–H groups in total. The predicted octanol–water partition coefficient (Wildman–Crippen LogP) is 6.22. The van der Waals surface area contributed by atoms with E-state index in [1.54, 1.807) is 0 Å². The second-order valence-electron chi connectivity index (χ2n) is 6.55. The van der Waals surface area contributed by atoms with Gasteiger partial charge in [0.25, 0.3) is 0 Å². The Morgan fingerprint density at radius 2 is 1.78 bits per heavy atom. The van der Waals surface area contributed by atoms with E-state index in [0.717, 1.165) is 0 Å². The zero-order valence-corrected chi connectivity index (χ0v) is 14.7. The van der Waals surface area contributed by atoms with E-state index in [4.69, 9.17) is 0 Å². The van der Waals surface area contributed by atoms with Crippen molar-refractivity contribution in [3.63, 3.8) is 0 Å². The summed E-state index contributed by atoms with van der Waals surface area (Å²) < 4.78 is 0. The minimum absolute atomic E-state index is 0.217. The zero-order valence-electron chi connectivity index (χ0n) is 14.7. The van der Waals surface area contributed by atoms with Crippen LogP contribution in [0.4, 0.5) is 5.69 Å². The molecule has 0 spiro atoms. The Kier molecular flexibility index (Phi) is 4.12. The Hall–Kier alpha value is -2.28. The molecule has 1 unspecified atom stereocenters. The molecule has 0 saturated heterocycles. The quantitative estimate of drug-likeness (QED) is 0.695. The van der Waals surface area contributed by atoms with Crippen LogP contribution in [-0.4, -0.2) is 0 Å². The van der Waals surface area contributed by atoms with Crippen LogP contribution in [0, 0.1) is 20.8 Å². The monoisotopic (exact) mass is 303 g/mol.